The van der Waals surface area contributed by atoms with Gasteiger partial charge in [0.25, 0.3) is 0 Å². The summed E-state index contributed by atoms with van der Waals surface area (Å²) >= 11 is -0.698. The molecule has 0 radical (unpaired) electrons. The maximum atomic E-state index is 2.90. The van der Waals surface area contributed by atoms with Crippen molar-refractivity contribution in [3.05, 3.63) is 21.2 Å². The van der Waals surface area contributed by atoms with Crippen LogP contribution in [0.4, 0.5) is 0 Å². The molecule has 0 nitrogen and oxygen atoms in total. The van der Waals surface area contributed by atoms with Gasteiger partial charge in [0.2, 0.25) is 0 Å². The molecule has 2 aromatic rings. The van der Waals surface area contributed by atoms with Crippen LogP contribution in [-0.2, 0) is 5.41 Å². The second-order valence-corrected chi connectivity index (χ2v) is 44.6. The van der Waals surface area contributed by atoms with Gasteiger partial charge in [0.1, 0.15) is 0 Å². The van der Waals surface area contributed by atoms with E-state index in [1.165, 1.54) is 141 Å². The molecule has 1 aliphatic carbocycles. The zero-order chi connectivity index (χ0) is 35.6. The summed E-state index contributed by atoms with van der Waals surface area (Å²) in [6, 6.07) is 0. The molecular weight excluding hydrogens is 842 g/mol. The van der Waals surface area contributed by atoms with Crippen molar-refractivity contribution >= 4 is 66.6 Å². The average molecular weight is 925 g/mol. The molecule has 282 valence electrons. The van der Waals surface area contributed by atoms with Crippen LogP contribution in [0.5, 0.6) is 0 Å². The molecule has 0 atom stereocenters. The van der Waals surface area contributed by atoms with Crippen LogP contribution in [-0.4, -0.2) is 36.8 Å². The van der Waals surface area contributed by atoms with Gasteiger partial charge in [0.05, 0.1) is 0 Å². The van der Waals surface area contributed by atoms with Crippen LogP contribution in [0.15, 0.2) is 10.8 Å². The van der Waals surface area contributed by atoms with E-state index in [1.807, 2.05) is 24.5 Å². The Morgan fingerprint density at radius 1 is 0.429 bits per heavy atom. The van der Waals surface area contributed by atoms with Gasteiger partial charge < -0.3 is 0 Å². The maximum absolute atomic E-state index is 2.90. The third-order valence-electron chi connectivity index (χ3n) is 12.8. The van der Waals surface area contributed by atoms with E-state index in [4.69, 9.17) is 0 Å². The van der Waals surface area contributed by atoms with E-state index >= 15 is 0 Å². The van der Waals surface area contributed by atoms with Crippen molar-refractivity contribution < 1.29 is 0 Å². The van der Waals surface area contributed by atoms with Crippen LogP contribution in [0.2, 0.25) is 26.6 Å². The Morgan fingerprint density at radius 3 is 1.18 bits per heavy atom. The van der Waals surface area contributed by atoms with Gasteiger partial charge in [-0.25, -0.2) is 0 Å². The number of unbranched alkanes of at least 4 members (excludes halogenated alkanes) is 12. The van der Waals surface area contributed by atoms with Crippen molar-refractivity contribution in [1.82, 2.24) is 0 Å². The first kappa shape index (κ1) is 44.4. The Balaban J connectivity index is 2.40. The molecule has 0 amide bonds. The van der Waals surface area contributed by atoms with Gasteiger partial charge in [-0.1, -0.05) is 0 Å². The molecular formula is C45H82S2Sn2. The first-order valence-electron chi connectivity index (χ1n) is 22.2. The Kier molecular flexibility index (Phi) is 21.5. The minimum atomic E-state index is -2.67. The first-order chi connectivity index (χ1) is 23.9. The standard InChI is InChI=1S/C21H28S2.6C4H9.2Sn/c1-3-5-7-9-13-21(14-10-8-6-4-2)18-12-16-22-19(18)17-11-15-23-20(17)21;6*1-3-4-2;;/h15-16H,3-10,13-14H2,1-2H3;6*1,3-4H2,2H3;;. The van der Waals surface area contributed by atoms with Crippen molar-refractivity contribution in [2.45, 2.75) is 229 Å². The summed E-state index contributed by atoms with van der Waals surface area (Å²) in [6.07, 6.45) is 31.2. The fraction of sp³-hybridized carbons (Fsp3) is 0.822. The van der Waals surface area contributed by atoms with Crippen LogP contribution in [0, 0.1) is 0 Å². The molecule has 0 saturated carbocycles. The van der Waals surface area contributed by atoms with Crippen LogP contribution in [0.1, 0.15) is 207 Å². The summed E-state index contributed by atoms with van der Waals surface area (Å²) in [7, 11) is 0. The molecule has 0 fully saturated rings. The zero-order valence-corrected chi connectivity index (χ0v) is 41.6. The number of hydrogen-bond acceptors (Lipinski definition) is 2. The Morgan fingerprint density at radius 2 is 0.796 bits per heavy atom. The van der Waals surface area contributed by atoms with Crippen LogP contribution >= 0.6 is 22.7 Å². The van der Waals surface area contributed by atoms with Gasteiger partial charge in [-0.15, -0.1) is 0 Å². The van der Waals surface area contributed by atoms with Crippen molar-refractivity contribution in [2.75, 3.05) is 0 Å². The quantitative estimate of drug-likeness (QED) is 0.0541. The van der Waals surface area contributed by atoms with E-state index in [-0.39, 0.29) is 0 Å². The molecule has 49 heavy (non-hydrogen) atoms. The Bertz CT molecular complexity index is 1100. The van der Waals surface area contributed by atoms with Crippen molar-refractivity contribution in [3.8, 4) is 10.4 Å². The molecule has 0 N–H and O–H groups in total. The monoisotopic (exact) mass is 926 g/mol. The van der Waals surface area contributed by atoms with E-state index in [9.17, 15) is 0 Å². The normalized spacial score (nSPS) is 14.1. The predicted octanol–water partition coefficient (Wildman–Crippen LogP) is 16.1. The molecule has 0 aliphatic heterocycles. The SMILES string of the molecule is CCCCCCC1(CCCCCC)c2sc[c]([Sn]([CH2]CCC)([CH2]CCC)[CH2]CCC)c2-c2sc[c]([Sn]([CH2]CCC)([CH2]CCC)[CH2]CCC)c21. The molecule has 1 aliphatic rings. The molecule has 3 rings (SSSR count). The molecule has 0 aromatic carbocycles. The number of hydrogen-bond donors (Lipinski definition) is 0. The van der Waals surface area contributed by atoms with E-state index < -0.39 is 36.8 Å². The fourth-order valence-electron chi connectivity index (χ4n) is 9.80. The van der Waals surface area contributed by atoms with E-state index in [0.717, 1.165) is 0 Å². The average Bonchev–Trinajstić information content (AvgIpc) is 3.82. The van der Waals surface area contributed by atoms with Gasteiger partial charge in [-0.3, -0.25) is 0 Å². The van der Waals surface area contributed by atoms with Gasteiger partial charge in [-0.2, -0.15) is 0 Å². The van der Waals surface area contributed by atoms with Crippen molar-refractivity contribution in [3.63, 3.8) is 0 Å². The van der Waals surface area contributed by atoms with Crippen LogP contribution in [0.25, 0.3) is 10.4 Å². The second-order valence-electron chi connectivity index (χ2n) is 16.6. The molecule has 0 unspecified atom stereocenters. The summed E-state index contributed by atoms with van der Waals surface area (Å²) in [5.41, 5.74) is 4.26. The predicted molar refractivity (Wildman–Crippen MR) is 235 cm³/mol. The Hall–Kier alpha value is 0.997. The van der Waals surface area contributed by atoms with Gasteiger partial charge >= 0.3 is 327 Å². The molecule has 2 aromatic heterocycles. The summed E-state index contributed by atoms with van der Waals surface area (Å²) in [4.78, 5) is 3.79. The number of thiophene rings is 2. The van der Waals surface area contributed by atoms with Gasteiger partial charge in [-0.05, 0) is 0 Å². The molecule has 2 heterocycles. The van der Waals surface area contributed by atoms with E-state index in [1.54, 1.807) is 26.6 Å². The minimum absolute atomic E-state index is 0.315. The third kappa shape index (κ3) is 11.0. The van der Waals surface area contributed by atoms with Crippen molar-refractivity contribution in [2.24, 2.45) is 0 Å². The van der Waals surface area contributed by atoms with E-state index in [2.05, 4.69) is 92.4 Å². The van der Waals surface area contributed by atoms with Gasteiger partial charge in [0.15, 0.2) is 0 Å². The van der Waals surface area contributed by atoms with Gasteiger partial charge in [0, 0.05) is 0 Å². The molecule has 4 heteroatoms. The summed E-state index contributed by atoms with van der Waals surface area (Å²) in [6.45, 7) is 19.6. The zero-order valence-electron chi connectivity index (χ0n) is 34.3. The van der Waals surface area contributed by atoms with Crippen LogP contribution < -0.4 is 7.16 Å². The fourth-order valence-corrected chi connectivity index (χ4v) is 50.1. The van der Waals surface area contributed by atoms with E-state index in [0.29, 0.717) is 5.41 Å². The number of rotatable bonds is 30. The summed E-state index contributed by atoms with van der Waals surface area (Å²) in [5, 5.41) is 5.78. The van der Waals surface area contributed by atoms with Crippen molar-refractivity contribution in [1.29, 1.82) is 0 Å². The molecule has 0 saturated heterocycles. The topological polar surface area (TPSA) is 0 Å². The first-order valence-corrected chi connectivity index (χ1v) is 38.9. The van der Waals surface area contributed by atoms with Crippen LogP contribution in [0.3, 0.4) is 0 Å². The molecule has 0 bridgehead atoms. The summed E-state index contributed by atoms with van der Waals surface area (Å²) in [5.74, 6) is 0. The molecule has 0 spiro atoms. The summed E-state index contributed by atoms with van der Waals surface area (Å²) < 4.78 is 13.8. The number of fused-ring (bicyclic) bond motifs is 3. The third-order valence-corrected chi connectivity index (χ3v) is 47.4. The Labute approximate surface area is 324 Å². The second kappa shape index (κ2) is 23.7.